The smallest absolute Gasteiger partial charge is 0.133 e. The largest absolute Gasteiger partial charge is 0.317 e. The van der Waals surface area contributed by atoms with Crippen LogP contribution in [0.15, 0.2) is 0 Å². The van der Waals surface area contributed by atoms with E-state index in [-0.39, 0.29) is 0 Å². The molecule has 0 aromatic rings. The molecule has 1 aliphatic carbocycles. The summed E-state index contributed by atoms with van der Waals surface area (Å²) in [4.78, 5) is 10.5. The zero-order valence-electron chi connectivity index (χ0n) is 5.98. The van der Waals surface area contributed by atoms with E-state index < -0.39 is 0 Å². The molecule has 1 atom stereocenters. The third-order valence-electron chi connectivity index (χ3n) is 2.14. The first-order valence-corrected chi connectivity index (χ1v) is 3.43. The third-order valence-corrected chi connectivity index (χ3v) is 2.14. The molecule has 0 saturated heterocycles. The lowest BCUT2D eigenvalue weighted by Gasteiger charge is -2.29. The molecular weight excluding hydrogens is 114 g/mol. The Labute approximate surface area is 55.6 Å². The second kappa shape index (κ2) is 2.48. The van der Waals surface area contributed by atoms with E-state index >= 15 is 0 Å². The Kier molecular flexibility index (Phi) is 1.86. The van der Waals surface area contributed by atoms with Gasteiger partial charge in [0.05, 0.1) is 0 Å². The second-order valence-corrected chi connectivity index (χ2v) is 2.78. The minimum atomic E-state index is 0.419. The van der Waals surface area contributed by atoms with Crippen molar-refractivity contribution in [1.29, 1.82) is 0 Å². The molecule has 0 aromatic carbocycles. The lowest BCUT2D eigenvalue weighted by Crippen LogP contribution is -2.39. The maximum Gasteiger partial charge on any atom is 0.133 e. The highest BCUT2D eigenvalue weighted by Gasteiger charge is 2.29. The van der Waals surface area contributed by atoms with E-state index in [1.165, 1.54) is 0 Å². The number of ketones is 1. The highest BCUT2D eigenvalue weighted by atomic mass is 16.1. The number of nitrogens with one attached hydrogen (secondary N) is 1. The van der Waals surface area contributed by atoms with Crippen LogP contribution in [0, 0.1) is 5.92 Å². The SMILES string of the molecule is CN[C@@H](C)C1CC(=O)C1. The van der Waals surface area contributed by atoms with Crippen molar-refractivity contribution in [3.63, 3.8) is 0 Å². The maximum atomic E-state index is 10.5. The van der Waals surface area contributed by atoms with Crippen molar-refractivity contribution in [2.75, 3.05) is 7.05 Å². The van der Waals surface area contributed by atoms with Crippen LogP contribution in [-0.2, 0) is 4.79 Å². The minimum absolute atomic E-state index is 0.419. The summed E-state index contributed by atoms with van der Waals surface area (Å²) in [7, 11) is 1.94. The quantitative estimate of drug-likeness (QED) is 0.587. The summed E-state index contributed by atoms with van der Waals surface area (Å²) in [5, 5.41) is 3.14. The van der Waals surface area contributed by atoms with Crippen molar-refractivity contribution >= 4 is 5.78 Å². The van der Waals surface area contributed by atoms with E-state index in [0.29, 0.717) is 17.7 Å². The van der Waals surface area contributed by atoms with Crippen LogP contribution < -0.4 is 5.32 Å². The summed E-state index contributed by atoms with van der Waals surface area (Å²) >= 11 is 0. The minimum Gasteiger partial charge on any atom is -0.317 e. The van der Waals surface area contributed by atoms with Gasteiger partial charge in [-0.25, -0.2) is 0 Å². The third kappa shape index (κ3) is 1.30. The van der Waals surface area contributed by atoms with Gasteiger partial charge in [-0.15, -0.1) is 0 Å². The molecule has 2 heteroatoms. The van der Waals surface area contributed by atoms with Crippen LogP contribution in [0.2, 0.25) is 0 Å². The number of carbonyl (C=O) groups is 1. The summed E-state index contributed by atoms with van der Waals surface area (Å²) in [5.74, 6) is 1.03. The molecule has 0 amide bonds. The van der Waals surface area contributed by atoms with Gasteiger partial charge in [0.1, 0.15) is 5.78 Å². The predicted octanol–water partition coefficient (Wildman–Crippen LogP) is 0.573. The van der Waals surface area contributed by atoms with Crippen LogP contribution in [0.4, 0.5) is 0 Å². The van der Waals surface area contributed by atoms with Gasteiger partial charge in [0.2, 0.25) is 0 Å². The van der Waals surface area contributed by atoms with E-state index in [9.17, 15) is 4.79 Å². The van der Waals surface area contributed by atoms with Gasteiger partial charge < -0.3 is 5.32 Å². The summed E-state index contributed by atoms with van der Waals surface area (Å²) in [6.45, 7) is 2.12. The Hall–Kier alpha value is -0.370. The topological polar surface area (TPSA) is 29.1 Å². The van der Waals surface area contributed by atoms with Gasteiger partial charge in [0, 0.05) is 18.9 Å². The van der Waals surface area contributed by atoms with Crippen LogP contribution in [-0.4, -0.2) is 18.9 Å². The second-order valence-electron chi connectivity index (χ2n) is 2.78. The Bertz CT molecular complexity index is 114. The van der Waals surface area contributed by atoms with Crippen LogP contribution in [0.25, 0.3) is 0 Å². The average molecular weight is 127 g/mol. The molecule has 0 aromatic heterocycles. The molecule has 0 bridgehead atoms. The summed E-state index contributed by atoms with van der Waals surface area (Å²) in [6.07, 6.45) is 1.59. The first kappa shape index (κ1) is 6.75. The van der Waals surface area contributed by atoms with E-state index in [1.807, 2.05) is 7.05 Å². The van der Waals surface area contributed by atoms with Crippen molar-refractivity contribution in [1.82, 2.24) is 5.32 Å². The van der Waals surface area contributed by atoms with Crippen LogP contribution in [0.1, 0.15) is 19.8 Å². The number of rotatable bonds is 2. The van der Waals surface area contributed by atoms with Gasteiger partial charge in [-0.05, 0) is 19.9 Å². The maximum absolute atomic E-state index is 10.5. The summed E-state index contributed by atoms with van der Waals surface area (Å²) in [5.41, 5.74) is 0. The van der Waals surface area contributed by atoms with Crippen molar-refractivity contribution in [3.8, 4) is 0 Å². The lowest BCUT2D eigenvalue weighted by atomic mass is 9.79. The highest BCUT2D eigenvalue weighted by Crippen LogP contribution is 2.25. The van der Waals surface area contributed by atoms with E-state index in [0.717, 1.165) is 12.8 Å². The standard InChI is InChI=1S/C7H13NO/c1-5(8-2)6-3-7(9)4-6/h5-6,8H,3-4H2,1-2H3/t5-/m0/s1. The zero-order valence-corrected chi connectivity index (χ0v) is 5.98. The highest BCUT2D eigenvalue weighted by molar-refractivity contribution is 5.84. The molecule has 0 heterocycles. The molecule has 0 unspecified atom stereocenters. The number of hydrogen-bond acceptors (Lipinski definition) is 2. The fourth-order valence-electron chi connectivity index (χ4n) is 1.11. The Morgan fingerprint density at radius 2 is 2.22 bits per heavy atom. The van der Waals surface area contributed by atoms with Gasteiger partial charge >= 0.3 is 0 Å². The fraction of sp³-hybridized carbons (Fsp3) is 0.857. The molecule has 0 spiro atoms. The molecule has 0 aliphatic heterocycles. The Morgan fingerprint density at radius 1 is 1.67 bits per heavy atom. The molecule has 2 nitrogen and oxygen atoms in total. The van der Waals surface area contributed by atoms with Gasteiger partial charge in [0.25, 0.3) is 0 Å². The van der Waals surface area contributed by atoms with E-state index in [1.54, 1.807) is 0 Å². The molecule has 0 radical (unpaired) electrons. The van der Waals surface area contributed by atoms with Crippen LogP contribution in [0.3, 0.4) is 0 Å². The van der Waals surface area contributed by atoms with Crippen molar-refractivity contribution in [3.05, 3.63) is 0 Å². The Morgan fingerprint density at radius 3 is 2.56 bits per heavy atom. The number of Topliss-reactive ketones (excluding diaryl/α,β-unsaturated/α-hetero) is 1. The van der Waals surface area contributed by atoms with Crippen molar-refractivity contribution in [2.45, 2.75) is 25.8 Å². The van der Waals surface area contributed by atoms with Crippen molar-refractivity contribution in [2.24, 2.45) is 5.92 Å². The molecule has 1 rings (SSSR count). The molecule has 1 saturated carbocycles. The zero-order chi connectivity index (χ0) is 6.85. The van der Waals surface area contributed by atoms with E-state index in [2.05, 4.69) is 12.2 Å². The number of hydrogen-bond donors (Lipinski definition) is 1. The van der Waals surface area contributed by atoms with Crippen LogP contribution >= 0.6 is 0 Å². The normalized spacial score (nSPS) is 23.6. The van der Waals surface area contributed by atoms with Crippen LogP contribution in [0.5, 0.6) is 0 Å². The van der Waals surface area contributed by atoms with Gasteiger partial charge in [-0.1, -0.05) is 0 Å². The monoisotopic (exact) mass is 127 g/mol. The van der Waals surface area contributed by atoms with Gasteiger partial charge in [0.15, 0.2) is 0 Å². The fourth-order valence-corrected chi connectivity index (χ4v) is 1.11. The van der Waals surface area contributed by atoms with Gasteiger partial charge in [-0.2, -0.15) is 0 Å². The lowest BCUT2D eigenvalue weighted by molar-refractivity contribution is -0.127. The van der Waals surface area contributed by atoms with Crippen molar-refractivity contribution < 1.29 is 4.79 Å². The molecule has 52 valence electrons. The molecule has 1 N–H and O–H groups in total. The molecule has 1 aliphatic rings. The van der Waals surface area contributed by atoms with Gasteiger partial charge in [-0.3, -0.25) is 4.79 Å². The Balaban J connectivity index is 2.23. The molecular formula is C7H13NO. The first-order valence-electron chi connectivity index (χ1n) is 3.43. The first-order chi connectivity index (χ1) is 4.24. The molecule has 1 fully saturated rings. The van der Waals surface area contributed by atoms with E-state index in [4.69, 9.17) is 0 Å². The average Bonchev–Trinajstić information content (AvgIpc) is 1.79. The predicted molar refractivity (Wildman–Crippen MR) is 36.3 cm³/mol. The number of carbonyl (C=O) groups excluding carboxylic acids is 1. The molecule has 9 heavy (non-hydrogen) atoms. The summed E-state index contributed by atoms with van der Waals surface area (Å²) < 4.78 is 0. The summed E-state index contributed by atoms with van der Waals surface area (Å²) in [6, 6.07) is 0.516.